The first-order chi connectivity index (χ1) is 17.2. The Balaban J connectivity index is 1.93. The van der Waals surface area contributed by atoms with Crippen LogP contribution < -0.4 is 20.9 Å². The van der Waals surface area contributed by atoms with Gasteiger partial charge in [0.2, 0.25) is 5.54 Å². The first-order valence-corrected chi connectivity index (χ1v) is 11.6. The maximum absolute atomic E-state index is 15.5. The van der Waals surface area contributed by atoms with Gasteiger partial charge in [-0.2, -0.15) is 4.48 Å². The maximum Gasteiger partial charge on any atom is 0.420 e. The van der Waals surface area contributed by atoms with Crippen molar-refractivity contribution in [1.82, 2.24) is 4.48 Å². The van der Waals surface area contributed by atoms with Crippen LogP contribution in [-0.4, -0.2) is 56.9 Å². The van der Waals surface area contributed by atoms with E-state index in [1.54, 1.807) is 31.2 Å². The van der Waals surface area contributed by atoms with Crippen molar-refractivity contribution < 1.29 is 28.2 Å². The minimum absolute atomic E-state index is 0.00678. The lowest BCUT2D eigenvalue weighted by Crippen LogP contribution is -2.70. The first kappa shape index (κ1) is 25.3. The van der Waals surface area contributed by atoms with Crippen LogP contribution in [0.4, 0.5) is 20.6 Å². The number of nitrogens with two attached hydrogens (primary N) is 2. The Bertz CT molecular complexity index is 1240. The predicted octanol–water partition coefficient (Wildman–Crippen LogP) is 1.75. The lowest BCUT2D eigenvalue weighted by molar-refractivity contribution is -0.127. The number of carbonyl (C=O) groups is 3. The lowest BCUT2D eigenvalue weighted by Gasteiger charge is -2.43. The summed E-state index contributed by atoms with van der Waals surface area (Å²) in [7, 11) is 0. The van der Waals surface area contributed by atoms with Gasteiger partial charge in [0.15, 0.2) is 0 Å². The Morgan fingerprint density at radius 2 is 2.00 bits per heavy atom. The van der Waals surface area contributed by atoms with E-state index in [-0.39, 0.29) is 49.9 Å². The number of morpholine rings is 1. The highest BCUT2D eigenvalue weighted by Crippen LogP contribution is 2.50. The third-order valence-electron chi connectivity index (χ3n) is 7.02. The minimum atomic E-state index is -1.78. The fraction of sp³-hybridized carbons (Fsp3) is 0.346. The van der Waals surface area contributed by atoms with Crippen LogP contribution in [0.25, 0.3) is 0 Å². The predicted molar refractivity (Wildman–Crippen MR) is 131 cm³/mol. The summed E-state index contributed by atoms with van der Waals surface area (Å²) in [4.78, 5) is 40.2. The molecule has 2 aromatic carbocycles. The SMILES string of the molecule is C#Cc1ccc([N+]2(C(N)=O)C[C@H](OCC)C[C@]2(C(N)=O)c2ccc(N3CCOCC3=O)c(F)c2)cc1. The molecule has 4 N–H and O–H groups in total. The van der Waals surface area contributed by atoms with Crippen LogP contribution in [0.3, 0.4) is 0 Å². The highest BCUT2D eigenvalue weighted by Gasteiger charge is 2.68. The van der Waals surface area contributed by atoms with E-state index in [9.17, 15) is 14.4 Å². The summed E-state index contributed by atoms with van der Waals surface area (Å²) in [6.07, 6.45) is 4.90. The van der Waals surface area contributed by atoms with Crippen molar-refractivity contribution in [3.8, 4) is 12.3 Å². The van der Waals surface area contributed by atoms with E-state index in [0.29, 0.717) is 17.9 Å². The molecular formula is C26H28FN4O5+. The summed E-state index contributed by atoms with van der Waals surface area (Å²) in [5.41, 5.74) is 11.4. The quantitative estimate of drug-likeness (QED) is 0.467. The Morgan fingerprint density at radius 1 is 1.28 bits per heavy atom. The number of rotatable bonds is 6. The average Bonchev–Trinajstić information content (AvgIpc) is 3.22. The zero-order valence-corrected chi connectivity index (χ0v) is 19.9. The molecule has 0 spiro atoms. The summed E-state index contributed by atoms with van der Waals surface area (Å²) < 4.78 is 25.8. The minimum Gasteiger partial charge on any atom is -0.372 e. The number of primary amides is 2. The Morgan fingerprint density at radius 3 is 2.56 bits per heavy atom. The summed E-state index contributed by atoms with van der Waals surface area (Å²) in [5.74, 6) is 0.521. The van der Waals surface area contributed by atoms with Gasteiger partial charge < -0.3 is 25.8 Å². The third kappa shape index (κ3) is 3.82. The van der Waals surface area contributed by atoms with E-state index < -0.39 is 33.9 Å². The lowest BCUT2D eigenvalue weighted by atomic mass is 9.83. The number of hydrogen-bond acceptors (Lipinski definition) is 5. The molecule has 4 amide bonds. The van der Waals surface area contributed by atoms with Gasteiger partial charge in [0, 0.05) is 42.8 Å². The molecule has 2 aliphatic heterocycles. The normalized spacial score (nSPS) is 26.0. The van der Waals surface area contributed by atoms with Gasteiger partial charge in [0.1, 0.15) is 30.8 Å². The number of carbonyl (C=O) groups excluding carboxylic acids is 3. The molecule has 9 nitrogen and oxygen atoms in total. The summed E-state index contributed by atoms with van der Waals surface area (Å²) >= 11 is 0. The number of amides is 4. The average molecular weight is 496 g/mol. The van der Waals surface area contributed by atoms with Gasteiger partial charge in [0.05, 0.1) is 12.3 Å². The van der Waals surface area contributed by atoms with Gasteiger partial charge in [-0.05, 0) is 37.3 Å². The Labute approximate surface area is 208 Å². The van der Waals surface area contributed by atoms with E-state index in [1.165, 1.54) is 17.0 Å². The van der Waals surface area contributed by atoms with Crippen molar-refractivity contribution in [2.24, 2.45) is 11.5 Å². The van der Waals surface area contributed by atoms with Crippen molar-refractivity contribution >= 4 is 29.2 Å². The molecule has 3 atom stereocenters. The number of urea groups is 1. The number of nitrogens with zero attached hydrogens (tertiary/aromatic N) is 2. The Hall–Kier alpha value is -3.78. The number of anilines is 1. The van der Waals surface area contributed by atoms with E-state index >= 15 is 4.39 Å². The van der Waals surface area contributed by atoms with Gasteiger partial charge in [0.25, 0.3) is 11.8 Å². The number of quaternary nitrogens is 1. The van der Waals surface area contributed by atoms with Crippen LogP contribution in [0.1, 0.15) is 24.5 Å². The summed E-state index contributed by atoms with van der Waals surface area (Å²) in [5, 5.41) is 0. The van der Waals surface area contributed by atoms with E-state index in [1.807, 2.05) is 0 Å². The van der Waals surface area contributed by atoms with E-state index in [0.717, 1.165) is 6.07 Å². The number of likely N-dealkylation sites (tertiary alicyclic amines) is 1. The van der Waals surface area contributed by atoms with Crippen molar-refractivity contribution in [3.63, 3.8) is 0 Å². The molecule has 0 radical (unpaired) electrons. The molecule has 2 heterocycles. The van der Waals surface area contributed by atoms with Gasteiger partial charge in [-0.1, -0.05) is 5.92 Å². The molecule has 0 aromatic heterocycles. The van der Waals surface area contributed by atoms with Crippen LogP contribution in [0.15, 0.2) is 42.5 Å². The molecule has 1 unspecified atom stereocenters. The Kier molecular flexibility index (Phi) is 6.82. The zero-order chi connectivity index (χ0) is 26.1. The van der Waals surface area contributed by atoms with Crippen LogP contribution in [0.2, 0.25) is 0 Å². The number of halogens is 1. The second-order valence-electron chi connectivity index (χ2n) is 8.79. The molecule has 10 heteroatoms. The van der Waals surface area contributed by atoms with E-state index in [4.69, 9.17) is 27.4 Å². The molecule has 36 heavy (non-hydrogen) atoms. The highest BCUT2D eigenvalue weighted by molar-refractivity contribution is 6.00. The maximum atomic E-state index is 15.5. The van der Waals surface area contributed by atoms with Gasteiger partial charge >= 0.3 is 6.03 Å². The monoisotopic (exact) mass is 495 g/mol. The van der Waals surface area contributed by atoms with Gasteiger partial charge in [-0.15, -0.1) is 6.42 Å². The molecular weight excluding hydrogens is 467 g/mol. The molecule has 0 saturated carbocycles. The van der Waals surface area contributed by atoms with Gasteiger partial charge in [-0.3, -0.25) is 9.59 Å². The fourth-order valence-corrected chi connectivity index (χ4v) is 5.43. The molecule has 2 aliphatic rings. The smallest absolute Gasteiger partial charge is 0.372 e. The largest absolute Gasteiger partial charge is 0.420 e. The zero-order valence-electron chi connectivity index (χ0n) is 19.9. The number of terminal acetylenes is 1. The standard InChI is InChI=1S/C26H27FN4O5/c1-3-17-5-8-19(9-6-17)31(25(29)34)15-20(36-4-2)14-26(31,24(28)33)18-7-10-22(21(27)13-18)30-11-12-35-16-23(30)32/h1,5-10,13,20H,4,11-12,14-16H2,2H3,(H3-,28,29,33,34)/p+1/t20-,26-,31?/m1/s1. The van der Waals surface area contributed by atoms with Crippen LogP contribution in [0.5, 0.6) is 0 Å². The highest BCUT2D eigenvalue weighted by atomic mass is 19.1. The number of ether oxygens (including phenoxy) is 2. The molecule has 0 aliphatic carbocycles. The summed E-state index contributed by atoms with van der Waals surface area (Å²) in [6.45, 7) is 2.42. The molecule has 2 aromatic rings. The van der Waals surface area contributed by atoms with Crippen LogP contribution >= 0.6 is 0 Å². The number of hydrogen-bond donors (Lipinski definition) is 2. The van der Waals surface area contributed by atoms with E-state index in [2.05, 4.69) is 5.92 Å². The summed E-state index contributed by atoms with van der Waals surface area (Å²) in [6, 6.07) is 9.69. The van der Waals surface area contributed by atoms with Gasteiger partial charge in [-0.25, -0.2) is 9.18 Å². The van der Waals surface area contributed by atoms with Crippen molar-refractivity contribution in [1.29, 1.82) is 0 Å². The first-order valence-electron chi connectivity index (χ1n) is 11.6. The van der Waals surface area contributed by atoms with Crippen molar-refractivity contribution in [2.45, 2.75) is 25.0 Å². The number of benzene rings is 2. The third-order valence-corrected chi connectivity index (χ3v) is 7.02. The van der Waals surface area contributed by atoms with Crippen molar-refractivity contribution in [3.05, 3.63) is 59.4 Å². The molecule has 2 saturated heterocycles. The fourth-order valence-electron chi connectivity index (χ4n) is 5.43. The van der Waals surface area contributed by atoms with Crippen LogP contribution in [-0.2, 0) is 24.6 Å². The van der Waals surface area contributed by atoms with Crippen LogP contribution in [0, 0.1) is 18.2 Å². The molecule has 4 rings (SSSR count). The second-order valence-corrected chi connectivity index (χ2v) is 8.79. The van der Waals surface area contributed by atoms with Crippen molar-refractivity contribution in [2.75, 3.05) is 37.8 Å². The second kappa shape index (κ2) is 9.70. The molecule has 2 fully saturated rings. The topological polar surface area (TPSA) is 125 Å². The molecule has 188 valence electrons. The molecule has 0 bridgehead atoms.